The van der Waals surface area contributed by atoms with Crippen molar-refractivity contribution in [3.63, 3.8) is 0 Å². The van der Waals surface area contributed by atoms with Gasteiger partial charge >= 0.3 is 12.2 Å². The van der Waals surface area contributed by atoms with E-state index in [0.717, 1.165) is 40.4 Å². The predicted octanol–water partition coefficient (Wildman–Crippen LogP) is 7.28. The van der Waals surface area contributed by atoms with Gasteiger partial charge in [0.2, 0.25) is 0 Å². The fourth-order valence-corrected chi connectivity index (χ4v) is 4.54. The van der Waals surface area contributed by atoms with E-state index in [1.807, 2.05) is 55.4 Å². The van der Waals surface area contributed by atoms with Crippen molar-refractivity contribution in [1.82, 2.24) is 9.97 Å². The number of ether oxygens (including phenoxy) is 2. The summed E-state index contributed by atoms with van der Waals surface area (Å²) in [5, 5.41) is 6.35. The Bertz CT molecular complexity index is 1050. The van der Waals surface area contributed by atoms with Crippen molar-refractivity contribution in [3.8, 4) is 0 Å². The number of nitrogens with two attached hydrogens (primary N) is 1. The number of thiazole rings is 2. The number of aromatic nitrogens is 2. The molecular weight excluding hydrogens is 538 g/mol. The van der Waals surface area contributed by atoms with Gasteiger partial charge in [0.05, 0.1) is 11.4 Å². The molecule has 12 heteroatoms. The zero-order valence-electron chi connectivity index (χ0n) is 23.4. The maximum absolute atomic E-state index is 11.6. The Hall–Kier alpha value is -2.57. The molecule has 0 aromatic carbocycles. The second-order valence-electron chi connectivity index (χ2n) is 10.4. The summed E-state index contributed by atoms with van der Waals surface area (Å²) in [6.45, 7) is 17.0. The smallest absolute Gasteiger partial charge is 0.413 e. The Morgan fingerprint density at radius 3 is 1.51 bits per heavy atom. The van der Waals surface area contributed by atoms with Crippen LogP contribution >= 0.6 is 22.7 Å². The number of rotatable bonds is 8. The number of ketones is 1. The summed E-state index contributed by atoms with van der Waals surface area (Å²) in [5.74, 6) is 0.185. The van der Waals surface area contributed by atoms with Gasteiger partial charge in [0, 0.05) is 22.6 Å². The van der Waals surface area contributed by atoms with Crippen LogP contribution in [0.3, 0.4) is 0 Å². The van der Waals surface area contributed by atoms with E-state index >= 15 is 0 Å². The predicted molar refractivity (Wildman–Crippen MR) is 163 cm³/mol. The lowest BCUT2D eigenvalue weighted by atomic mass is 10.1. The minimum absolute atomic E-state index is 0. The van der Waals surface area contributed by atoms with E-state index in [1.54, 1.807) is 6.92 Å². The van der Waals surface area contributed by atoms with Crippen LogP contribution in [0.1, 0.15) is 97.3 Å². The first-order valence-electron chi connectivity index (χ1n) is 12.1. The lowest BCUT2D eigenvalue weighted by Gasteiger charge is -2.18. The fraction of sp³-hybridized carbons (Fsp3) is 0.667. The van der Waals surface area contributed by atoms with Crippen LogP contribution in [0.25, 0.3) is 0 Å². The molecule has 0 radical (unpaired) electrons. The van der Waals surface area contributed by atoms with Gasteiger partial charge in [-0.2, -0.15) is 0 Å². The van der Waals surface area contributed by atoms with Crippen molar-refractivity contribution >= 4 is 50.9 Å². The van der Waals surface area contributed by atoms with Gasteiger partial charge < -0.3 is 20.0 Å². The van der Waals surface area contributed by atoms with Crippen LogP contribution in [0.5, 0.6) is 0 Å². The van der Waals surface area contributed by atoms with Crippen LogP contribution < -0.4 is 16.4 Å². The zero-order valence-corrected chi connectivity index (χ0v) is 25.0. The third-order valence-corrected chi connectivity index (χ3v) is 6.18. The highest BCUT2D eigenvalue weighted by Gasteiger charge is 2.19. The molecule has 0 spiro atoms. The number of anilines is 2. The summed E-state index contributed by atoms with van der Waals surface area (Å²) in [4.78, 5) is 44.9. The van der Waals surface area contributed by atoms with Crippen LogP contribution in [0, 0.1) is 13.8 Å². The number of amides is 2. The lowest BCUT2D eigenvalue weighted by molar-refractivity contribution is -0.117. The Balaban J connectivity index is 0. The number of carbonyl (C=O) groups is 3. The summed E-state index contributed by atoms with van der Waals surface area (Å²) in [6, 6.07) is 0. The van der Waals surface area contributed by atoms with Gasteiger partial charge in [0.1, 0.15) is 17.0 Å². The highest BCUT2D eigenvalue weighted by molar-refractivity contribution is 7.16. The first kappa shape index (κ1) is 38.6. The molecule has 224 valence electrons. The number of aryl methyl sites for hydroxylation is 3. The molecule has 0 aliphatic rings. The van der Waals surface area contributed by atoms with E-state index < -0.39 is 23.4 Å². The van der Waals surface area contributed by atoms with Gasteiger partial charge in [-0.15, -0.1) is 22.7 Å². The molecule has 0 aliphatic carbocycles. The number of hydrogen-bond acceptors (Lipinski definition) is 10. The summed E-state index contributed by atoms with van der Waals surface area (Å²) < 4.78 is 10.3. The van der Waals surface area contributed by atoms with Crippen molar-refractivity contribution in [2.75, 3.05) is 17.2 Å². The van der Waals surface area contributed by atoms with Crippen LogP contribution in [0.15, 0.2) is 0 Å². The molecule has 0 atom stereocenters. The van der Waals surface area contributed by atoms with Gasteiger partial charge in [0.25, 0.3) is 0 Å². The van der Waals surface area contributed by atoms with E-state index in [4.69, 9.17) is 15.2 Å². The van der Waals surface area contributed by atoms with E-state index in [9.17, 15) is 14.4 Å². The van der Waals surface area contributed by atoms with Crippen molar-refractivity contribution in [1.29, 1.82) is 0 Å². The normalized spacial score (nSPS) is 10.7. The van der Waals surface area contributed by atoms with Crippen molar-refractivity contribution in [2.45, 2.75) is 114 Å². The Kier molecular flexibility index (Phi) is 17.0. The molecule has 2 heterocycles. The number of Topliss-reactive ketones (excluding diaryl/α,β-unsaturated/α-hetero) is 1. The molecule has 2 amide bonds. The largest absolute Gasteiger partial charge is 0.444 e. The monoisotopic (exact) mass is 587 g/mol. The molecule has 0 saturated carbocycles. The standard InChI is InChI=1S/C14H22N2O3S.C11H19N3O2S.2CH4/c1-9(17)7-6-8-11-10(2)20-12(15-11)16-13(18)19-14(3,4)5;1-7-8(5-6-12)13-9(17-7)14-10(15)16-11(2,3)4;;/h6-8H2,1-5H3,(H,15,16,18);5-6,12H2,1-4H3,(H,13,14,15);2*1H4. The van der Waals surface area contributed by atoms with Gasteiger partial charge in [0.15, 0.2) is 10.3 Å². The Morgan fingerprint density at radius 2 is 1.18 bits per heavy atom. The molecule has 0 aliphatic heterocycles. The maximum Gasteiger partial charge on any atom is 0.413 e. The summed E-state index contributed by atoms with van der Waals surface area (Å²) in [5.41, 5.74) is 6.31. The van der Waals surface area contributed by atoms with Crippen LogP contribution in [0.4, 0.5) is 19.9 Å². The highest BCUT2D eigenvalue weighted by Crippen LogP contribution is 2.24. The average Bonchev–Trinajstić information content (AvgIpc) is 3.20. The minimum Gasteiger partial charge on any atom is -0.444 e. The van der Waals surface area contributed by atoms with Crippen molar-refractivity contribution in [3.05, 3.63) is 21.1 Å². The number of nitrogens with one attached hydrogen (secondary N) is 2. The van der Waals surface area contributed by atoms with Crippen molar-refractivity contribution < 1.29 is 23.9 Å². The quantitative estimate of drug-likeness (QED) is 0.292. The number of hydrogen-bond donors (Lipinski definition) is 3. The highest BCUT2D eigenvalue weighted by atomic mass is 32.1. The molecule has 2 aromatic rings. The Labute approximate surface area is 242 Å². The summed E-state index contributed by atoms with van der Waals surface area (Å²) >= 11 is 2.85. The van der Waals surface area contributed by atoms with Crippen LogP contribution in [0.2, 0.25) is 0 Å². The SMILES string of the molecule is C.C.CC(=O)CCCc1nc(NC(=O)OC(C)(C)C)sc1C.Cc1sc(NC(=O)OC(C)(C)C)nc1CCN. The van der Waals surface area contributed by atoms with E-state index in [-0.39, 0.29) is 20.6 Å². The summed E-state index contributed by atoms with van der Waals surface area (Å²) in [6.07, 6.45) is 1.83. The second kappa shape index (κ2) is 17.2. The van der Waals surface area contributed by atoms with Gasteiger partial charge in [-0.3, -0.25) is 10.6 Å². The maximum atomic E-state index is 11.6. The lowest BCUT2D eigenvalue weighted by Crippen LogP contribution is -2.27. The average molecular weight is 588 g/mol. The fourth-order valence-electron chi connectivity index (χ4n) is 2.85. The van der Waals surface area contributed by atoms with Crippen LogP contribution in [-0.2, 0) is 27.1 Å². The van der Waals surface area contributed by atoms with Crippen LogP contribution in [-0.4, -0.2) is 45.7 Å². The second-order valence-corrected chi connectivity index (χ2v) is 12.8. The molecule has 2 aromatic heterocycles. The number of carbonyl (C=O) groups excluding carboxylic acids is 3. The van der Waals surface area contributed by atoms with Gasteiger partial charge in [-0.1, -0.05) is 14.9 Å². The topological polar surface area (TPSA) is 146 Å². The minimum atomic E-state index is -0.527. The molecule has 0 fully saturated rings. The molecule has 2 rings (SSSR count). The molecular formula is C27H49N5O5S2. The number of nitrogens with zero attached hydrogens (tertiary/aromatic N) is 2. The third-order valence-electron chi connectivity index (χ3n) is 4.32. The van der Waals surface area contributed by atoms with E-state index in [0.29, 0.717) is 23.2 Å². The molecule has 10 nitrogen and oxygen atoms in total. The molecule has 0 saturated heterocycles. The first-order valence-corrected chi connectivity index (χ1v) is 13.7. The van der Waals surface area contributed by atoms with E-state index in [1.165, 1.54) is 22.7 Å². The van der Waals surface area contributed by atoms with Crippen molar-refractivity contribution in [2.24, 2.45) is 5.73 Å². The Morgan fingerprint density at radius 1 is 0.795 bits per heavy atom. The zero-order chi connectivity index (χ0) is 28.4. The molecule has 0 unspecified atom stereocenters. The molecule has 4 N–H and O–H groups in total. The van der Waals surface area contributed by atoms with E-state index in [2.05, 4.69) is 20.6 Å². The molecule has 0 bridgehead atoms. The first-order chi connectivity index (χ1) is 17.0. The van der Waals surface area contributed by atoms with Gasteiger partial charge in [-0.25, -0.2) is 19.6 Å². The van der Waals surface area contributed by atoms with Gasteiger partial charge in [-0.05, 0) is 81.7 Å². The third kappa shape index (κ3) is 16.9. The summed E-state index contributed by atoms with van der Waals surface area (Å²) in [7, 11) is 0. The molecule has 39 heavy (non-hydrogen) atoms.